The SMILES string of the molecule is C=CSF.CC(=O)O. The van der Waals surface area contributed by atoms with Crippen LogP contribution in [-0.4, -0.2) is 11.1 Å². The summed E-state index contributed by atoms with van der Waals surface area (Å²) in [5.74, 6) is -0.833. The van der Waals surface area contributed by atoms with Crippen molar-refractivity contribution < 1.29 is 13.8 Å². The fraction of sp³-hybridized carbons (Fsp3) is 0.250. The molecule has 0 aromatic rings. The Balaban J connectivity index is 0. The van der Waals surface area contributed by atoms with Crippen molar-refractivity contribution in [3.63, 3.8) is 0 Å². The Labute approximate surface area is 51.7 Å². The predicted octanol–water partition coefficient (Wildman–Crippen LogP) is 1.84. The third-order valence-electron chi connectivity index (χ3n) is 0.0630. The topological polar surface area (TPSA) is 37.3 Å². The normalized spacial score (nSPS) is 6.25. The van der Waals surface area contributed by atoms with E-state index in [2.05, 4.69) is 6.58 Å². The van der Waals surface area contributed by atoms with Crippen LogP contribution in [0.2, 0.25) is 0 Å². The van der Waals surface area contributed by atoms with Crippen LogP contribution in [0, 0.1) is 0 Å². The molecule has 0 spiro atoms. The first kappa shape index (κ1) is 10.5. The van der Waals surface area contributed by atoms with Gasteiger partial charge in [0.05, 0.1) is 12.1 Å². The molecule has 0 aromatic heterocycles. The molecule has 0 fully saturated rings. The molecule has 0 saturated heterocycles. The molecule has 0 radical (unpaired) electrons. The lowest BCUT2D eigenvalue weighted by Gasteiger charge is -1.59. The van der Waals surface area contributed by atoms with Crippen molar-refractivity contribution in [2.75, 3.05) is 0 Å². The van der Waals surface area contributed by atoms with E-state index in [4.69, 9.17) is 9.90 Å². The van der Waals surface area contributed by atoms with Gasteiger partial charge < -0.3 is 5.11 Å². The van der Waals surface area contributed by atoms with Crippen molar-refractivity contribution in [3.8, 4) is 0 Å². The van der Waals surface area contributed by atoms with Gasteiger partial charge in [-0.25, -0.2) is 0 Å². The fourth-order valence-corrected chi connectivity index (χ4v) is 0. The number of hydrogen-bond acceptors (Lipinski definition) is 2. The summed E-state index contributed by atoms with van der Waals surface area (Å²) in [6.45, 7) is 4.15. The Morgan fingerprint density at radius 2 is 2.12 bits per heavy atom. The highest BCUT2D eigenvalue weighted by Gasteiger charge is 1.65. The third kappa shape index (κ3) is 461. The van der Waals surface area contributed by atoms with Gasteiger partial charge >= 0.3 is 0 Å². The summed E-state index contributed by atoms with van der Waals surface area (Å²) >= 11 is 0.120. The lowest BCUT2D eigenvalue weighted by Crippen LogP contribution is -1.78. The highest BCUT2D eigenvalue weighted by molar-refractivity contribution is 7.97. The predicted molar refractivity (Wildman–Crippen MR) is 32.2 cm³/mol. The molecule has 0 aliphatic carbocycles. The summed E-state index contributed by atoms with van der Waals surface area (Å²) in [6.07, 6.45) is 0. The van der Waals surface area contributed by atoms with Gasteiger partial charge in [-0.1, -0.05) is 6.58 Å². The number of hydrogen-bond donors (Lipinski definition) is 1. The van der Waals surface area contributed by atoms with E-state index in [0.717, 1.165) is 12.3 Å². The van der Waals surface area contributed by atoms with E-state index in [1.54, 1.807) is 0 Å². The van der Waals surface area contributed by atoms with Crippen molar-refractivity contribution in [1.82, 2.24) is 0 Å². The quantitative estimate of drug-likeness (QED) is 0.600. The highest BCUT2D eigenvalue weighted by Crippen LogP contribution is 1.96. The van der Waals surface area contributed by atoms with E-state index in [-0.39, 0.29) is 12.1 Å². The van der Waals surface area contributed by atoms with Crippen LogP contribution in [0.1, 0.15) is 6.92 Å². The molecule has 0 aliphatic rings. The Bertz CT molecular complexity index is 70.4. The first-order valence-corrected chi connectivity index (χ1v) is 2.51. The van der Waals surface area contributed by atoms with Crippen molar-refractivity contribution in [2.45, 2.75) is 6.92 Å². The summed E-state index contributed by atoms with van der Waals surface area (Å²) in [5, 5.41) is 8.54. The first-order chi connectivity index (χ1) is 3.65. The highest BCUT2D eigenvalue weighted by atomic mass is 32.2. The molecule has 0 unspecified atom stereocenters. The largest absolute Gasteiger partial charge is 0.481 e. The molecular formula is C4H7FO2S. The van der Waals surface area contributed by atoms with Gasteiger partial charge in [-0.15, -0.1) is 0 Å². The van der Waals surface area contributed by atoms with Crippen molar-refractivity contribution in [3.05, 3.63) is 12.0 Å². The summed E-state index contributed by atoms with van der Waals surface area (Å²) in [5.41, 5.74) is 0. The summed E-state index contributed by atoms with van der Waals surface area (Å²) in [7, 11) is 0. The second kappa shape index (κ2) is 9.70. The molecule has 4 heteroatoms. The van der Waals surface area contributed by atoms with Crippen LogP contribution in [0.4, 0.5) is 3.89 Å². The van der Waals surface area contributed by atoms with Gasteiger partial charge in [-0.3, -0.25) is 4.79 Å². The minimum absolute atomic E-state index is 0.120. The zero-order valence-electron chi connectivity index (χ0n) is 4.43. The van der Waals surface area contributed by atoms with Crippen molar-refractivity contribution in [1.29, 1.82) is 0 Å². The molecule has 0 saturated carbocycles. The summed E-state index contributed by atoms with van der Waals surface area (Å²) in [4.78, 5) is 9.00. The standard InChI is InChI=1S/C2H3FS.C2H4O2/c1-2-4-3;1-2(3)4/h2H,1H2;1H3,(H,3,4). The monoisotopic (exact) mass is 138 g/mol. The zero-order valence-corrected chi connectivity index (χ0v) is 5.24. The lowest BCUT2D eigenvalue weighted by atomic mass is 10.9. The molecule has 1 N–H and O–H groups in total. The second-order valence-corrected chi connectivity index (χ2v) is 1.29. The van der Waals surface area contributed by atoms with Gasteiger partial charge in [0.15, 0.2) is 0 Å². The van der Waals surface area contributed by atoms with E-state index >= 15 is 0 Å². The summed E-state index contributed by atoms with van der Waals surface area (Å²) in [6, 6.07) is 0. The Morgan fingerprint density at radius 1 is 2.00 bits per heavy atom. The molecule has 2 nitrogen and oxygen atoms in total. The molecule has 0 aliphatic heterocycles. The molecule has 8 heavy (non-hydrogen) atoms. The minimum Gasteiger partial charge on any atom is -0.481 e. The molecule has 0 aromatic carbocycles. The van der Waals surface area contributed by atoms with Crippen LogP contribution in [0.3, 0.4) is 0 Å². The number of carboxylic acids is 1. The fourth-order valence-electron chi connectivity index (χ4n) is 0. The number of halogens is 1. The van der Waals surface area contributed by atoms with Crippen LogP contribution in [0.15, 0.2) is 12.0 Å². The molecule has 0 bridgehead atoms. The van der Waals surface area contributed by atoms with Crippen molar-refractivity contribution in [2.24, 2.45) is 0 Å². The van der Waals surface area contributed by atoms with E-state index < -0.39 is 5.97 Å². The van der Waals surface area contributed by atoms with E-state index in [9.17, 15) is 3.89 Å². The van der Waals surface area contributed by atoms with Gasteiger partial charge in [0, 0.05) is 6.92 Å². The van der Waals surface area contributed by atoms with Crippen LogP contribution >= 0.6 is 12.1 Å². The van der Waals surface area contributed by atoms with Gasteiger partial charge in [-0.2, -0.15) is 3.89 Å². The maximum Gasteiger partial charge on any atom is 0.300 e. The molecule has 0 rings (SSSR count). The van der Waals surface area contributed by atoms with E-state index in [1.165, 1.54) is 0 Å². The average molecular weight is 138 g/mol. The zero-order chi connectivity index (χ0) is 6.99. The molecular weight excluding hydrogens is 131 g/mol. The van der Waals surface area contributed by atoms with Gasteiger partial charge in [0.2, 0.25) is 0 Å². The lowest BCUT2D eigenvalue weighted by molar-refractivity contribution is -0.134. The maximum atomic E-state index is 10.5. The third-order valence-corrected chi connectivity index (χ3v) is 0.189. The van der Waals surface area contributed by atoms with E-state index in [0.29, 0.717) is 0 Å². The van der Waals surface area contributed by atoms with Crippen LogP contribution < -0.4 is 0 Å². The molecule has 0 heterocycles. The minimum atomic E-state index is -0.833. The van der Waals surface area contributed by atoms with Gasteiger partial charge in [0.1, 0.15) is 0 Å². The number of rotatable bonds is 1. The maximum absolute atomic E-state index is 10.5. The Hall–Kier alpha value is -0.510. The first-order valence-electron chi connectivity index (χ1n) is 1.73. The van der Waals surface area contributed by atoms with Crippen LogP contribution in [-0.2, 0) is 4.79 Å². The number of aliphatic carboxylic acids is 1. The second-order valence-electron chi connectivity index (χ2n) is 0.775. The van der Waals surface area contributed by atoms with E-state index in [1.807, 2.05) is 0 Å². The van der Waals surface area contributed by atoms with Crippen LogP contribution in [0.5, 0.6) is 0 Å². The average Bonchev–Trinajstić information content (AvgIpc) is 1.65. The van der Waals surface area contributed by atoms with Gasteiger partial charge in [-0.05, 0) is 5.41 Å². The Kier molecular flexibility index (Phi) is 12.7. The van der Waals surface area contributed by atoms with Crippen molar-refractivity contribution >= 4 is 18.1 Å². The molecule has 48 valence electrons. The van der Waals surface area contributed by atoms with Gasteiger partial charge in [0.25, 0.3) is 5.97 Å². The molecule has 0 amide bonds. The number of carboxylic acid groups (broad SMARTS) is 1. The number of carbonyl (C=O) groups is 1. The smallest absolute Gasteiger partial charge is 0.300 e. The van der Waals surface area contributed by atoms with Crippen LogP contribution in [0.25, 0.3) is 0 Å². The molecule has 0 atom stereocenters. The Morgan fingerprint density at radius 3 is 2.12 bits per heavy atom. The summed E-state index contributed by atoms with van der Waals surface area (Å²) < 4.78 is 10.5.